The number of carbonyl (C=O) groups is 2. The molecule has 3 rings (SSSR count). The van der Waals surface area contributed by atoms with Gasteiger partial charge in [0, 0.05) is 15.8 Å². The van der Waals surface area contributed by atoms with Crippen molar-refractivity contribution in [1.29, 1.82) is 0 Å². The second-order valence-corrected chi connectivity index (χ2v) is 7.44. The van der Waals surface area contributed by atoms with Crippen molar-refractivity contribution in [2.75, 3.05) is 6.54 Å². The van der Waals surface area contributed by atoms with E-state index < -0.39 is 12.1 Å². The second kappa shape index (κ2) is 6.06. The molecule has 2 amide bonds. The summed E-state index contributed by atoms with van der Waals surface area (Å²) in [5.41, 5.74) is 0. The highest BCUT2D eigenvalue weighted by atomic mass is 79.9. The highest BCUT2D eigenvalue weighted by Gasteiger charge is 2.43. The Morgan fingerprint density at radius 1 is 1.33 bits per heavy atom. The predicted molar refractivity (Wildman–Crippen MR) is 81.7 cm³/mol. The Morgan fingerprint density at radius 2 is 2.05 bits per heavy atom. The highest BCUT2D eigenvalue weighted by molar-refractivity contribution is 9.10. The van der Waals surface area contributed by atoms with Crippen molar-refractivity contribution in [3.8, 4) is 0 Å². The van der Waals surface area contributed by atoms with Crippen molar-refractivity contribution in [2.24, 2.45) is 5.92 Å². The Hall–Kier alpha value is -0.920. The molecule has 21 heavy (non-hydrogen) atoms. The minimum absolute atomic E-state index is 0.00544. The van der Waals surface area contributed by atoms with Gasteiger partial charge in [-0.3, -0.25) is 14.8 Å². The van der Waals surface area contributed by atoms with Gasteiger partial charge in [-0.25, -0.2) is 0 Å². The number of hydrogen-bond donors (Lipinski definition) is 1. The van der Waals surface area contributed by atoms with E-state index in [0.717, 1.165) is 35.0 Å². The molecule has 7 heteroatoms. The molecule has 5 nitrogen and oxygen atoms in total. The van der Waals surface area contributed by atoms with Crippen LogP contribution in [-0.4, -0.2) is 33.5 Å². The summed E-state index contributed by atoms with van der Waals surface area (Å²) >= 11 is 4.80. The molecule has 1 aromatic heterocycles. The number of hydrogen-bond acceptors (Lipinski definition) is 4. The molecule has 1 aromatic rings. The fourth-order valence-electron chi connectivity index (χ4n) is 3.09. The molecule has 1 atom stereocenters. The van der Waals surface area contributed by atoms with E-state index in [1.54, 1.807) is 0 Å². The fourth-order valence-corrected chi connectivity index (χ4v) is 4.63. The van der Waals surface area contributed by atoms with Crippen LogP contribution in [0.5, 0.6) is 0 Å². The third-order valence-corrected chi connectivity index (χ3v) is 5.90. The first-order valence-corrected chi connectivity index (χ1v) is 8.80. The van der Waals surface area contributed by atoms with Crippen LogP contribution in [0, 0.1) is 5.92 Å². The van der Waals surface area contributed by atoms with E-state index in [4.69, 9.17) is 0 Å². The molecule has 1 N–H and O–H groups in total. The van der Waals surface area contributed by atoms with Gasteiger partial charge in [-0.2, -0.15) is 5.06 Å². The van der Waals surface area contributed by atoms with Crippen molar-refractivity contribution in [1.82, 2.24) is 9.96 Å². The van der Waals surface area contributed by atoms with Crippen LogP contribution >= 0.6 is 27.3 Å². The van der Waals surface area contributed by atoms with Gasteiger partial charge in [0.25, 0.3) is 5.91 Å². The molecule has 0 radical (unpaired) electrons. The third kappa shape index (κ3) is 2.86. The van der Waals surface area contributed by atoms with Gasteiger partial charge in [0.1, 0.15) is 6.54 Å². The number of rotatable bonds is 2. The first kappa shape index (κ1) is 15.0. The molecule has 1 aliphatic heterocycles. The standard InChI is InChI=1S/C14H17BrN2O3S/c15-10-6-11(21-8-10)13-16(7-12(18)17(13)20)14(19)9-4-2-1-3-5-9/h6,8-9,13,20H,1-5,7H2. The van der Waals surface area contributed by atoms with Crippen LogP contribution in [-0.2, 0) is 9.59 Å². The average Bonchev–Trinajstić information content (AvgIpc) is 3.04. The second-order valence-electron chi connectivity index (χ2n) is 5.58. The molecule has 0 spiro atoms. The molecule has 1 aliphatic carbocycles. The van der Waals surface area contributed by atoms with Crippen molar-refractivity contribution in [3.63, 3.8) is 0 Å². The Labute approximate surface area is 135 Å². The lowest BCUT2D eigenvalue weighted by molar-refractivity contribution is -0.172. The van der Waals surface area contributed by atoms with Gasteiger partial charge in [-0.05, 0) is 34.8 Å². The van der Waals surface area contributed by atoms with E-state index in [-0.39, 0.29) is 18.4 Å². The molecule has 2 heterocycles. The molecule has 2 aliphatic rings. The molecular weight excluding hydrogens is 356 g/mol. The van der Waals surface area contributed by atoms with Crippen LogP contribution in [0.4, 0.5) is 0 Å². The lowest BCUT2D eigenvalue weighted by Crippen LogP contribution is -2.38. The Balaban J connectivity index is 1.84. The normalized spacial score (nSPS) is 23.9. The number of halogens is 1. The zero-order valence-corrected chi connectivity index (χ0v) is 13.9. The maximum Gasteiger partial charge on any atom is 0.267 e. The summed E-state index contributed by atoms with van der Waals surface area (Å²) in [6.45, 7) is -0.0357. The van der Waals surface area contributed by atoms with E-state index in [2.05, 4.69) is 15.9 Å². The van der Waals surface area contributed by atoms with E-state index >= 15 is 0 Å². The summed E-state index contributed by atoms with van der Waals surface area (Å²) in [6, 6.07) is 1.85. The molecule has 114 valence electrons. The average molecular weight is 373 g/mol. The number of thiophene rings is 1. The van der Waals surface area contributed by atoms with Crippen molar-refractivity contribution in [3.05, 3.63) is 20.8 Å². The van der Waals surface area contributed by atoms with Crippen LogP contribution < -0.4 is 0 Å². The summed E-state index contributed by atoms with van der Waals surface area (Å²) < 4.78 is 0.889. The van der Waals surface area contributed by atoms with Gasteiger partial charge in [0.15, 0.2) is 6.17 Å². The van der Waals surface area contributed by atoms with Gasteiger partial charge in [0.2, 0.25) is 5.91 Å². The summed E-state index contributed by atoms with van der Waals surface area (Å²) in [4.78, 5) is 26.9. The number of nitrogens with zero attached hydrogens (tertiary/aromatic N) is 2. The first-order chi connectivity index (χ1) is 10.1. The predicted octanol–water partition coefficient (Wildman–Crippen LogP) is 3.15. The minimum Gasteiger partial charge on any atom is -0.306 e. The van der Waals surface area contributed by atoms with Gasteiger partial charge >= 0.3 is 0 Å². The first-order valence-electron chi connectivity index (χ1n) is 7.13. The van der Waals surface area contributed by atoms with E-state index in [0.29, 0.717) is 5.06 Å². The van der Waals surface area contributed by atoms with Gasteiger partial charge in [-0.1, -0.05) is 19.3 Å². The van der Waals surface area contributed by atoms with E-state index in [9.17, 15) is 14.8 Å². The summed E-state index contributed by atoms with van der Waals surface area (Å²) in [5, 5.41) is 12.6. The van der Waals surface area contributed by atoms with Crippen molar-refractivity contribution >= 4 is 39.1 Å². The van der Waals surface area contributed by atoms with Crippen molar-refractivity contribution < 1.29 is 14.8 Å². The molecule has 2 fully saturated rings. The van der Waals surface area contributed by atoms with E-state index in [1.807, 2.05) is 11.4 Å². The lowest BCUT2D eigenvalue weighted by Gasteiger charge is -2.30. The smallest absolute Gasteiger partial charge is 0.267 e. The van der Waals surface area contributed by atoms with Gasteiger partial charge < -0.3 is 4.90 Å². The number of hydroxylamine groups is 2. The largest absolute Gasteiger partial charge is 0.306 e. The Morgan fingerprint density at radius 3 is 2.67 bits per heavy atom. The third-order valence-electron chi connectivity index (χ3n) is 4.17. The maximum atomic E-state index is 12.7. The topological polar surface area (TPSA) is 60.9 Å². The molecule has 0 aromatic carbocycles. The van der Waals surface area contributed by atoms with Gasteiger partial charge in [0.05, 0.1) is 4.88 Å². The Kier molecular flexibility index (Phi) is 4.33. The number of carbonyl (C=O) groups excluding carboxylic acids is 2. The zero-order chi connectivity index (χ0) is 15.0. The van der Waals surface area contributed by atoms with Crippen LogP contribution in [0.1, 0.15) is 43.1 Å². The van der Waals surface area contributed by atoms with Gasteiger partial charge in [-0.15, -0.1) is 11.3 Å². The van der Waals surface area contributed by atoms with Crippen LogP contribution in [0.3, 0.4) is 0 Å². The molecule has 1 saturated heterocycles. The van der Waals surface area contributed by atoms with Crippen LogP contribution in [0.2, 0.25) is 0 Å². The maximum absolute atomic E-state index is 12.7. The molecule has 0 bridgehead atoms. The summed E-state index contributed by atoms with van der Waals surface area (Å²) in [6.07, 6.45) is 4.40. The highest BCUT2D eigenvalue weighted by Crippen LogP contribution is 2.37. The summed E-state index contributed by atoms with van der Waals surface area (Å²) in [7, 11) is 0. The molecule has 1 saturated carbocycles. The monoisotopic (exact) mass is 372 g/mol. The fraction of sp³-hybridized carbons (Fsp3) is 0.571. The van der Waals surface area contributed by atoms with Crippen molar-refractivity contribution in [2.45, 2.75) is 38.3 Å². The van der Waals surface area contributed by atoms with E-state index in [1.165, 1.54) is 22.7 Å². The van der Waals surface area contributed by atoms with Crippen LogP contribution in [0.15, 0.2) is 15.9 Å². The SMILES string of the molecule is O=C1CN(C(=O)C2CCCCC2)C(c2cc(Br)cs2)N1O. The minimum atomic E-state index is -0.678. The quantitative estimate of drug-likeness (QED) is 0.811. The zero-order valence-electron chi connectivity index (χ0n) is 11.5. The summed E-state index contributed by atoms with van der Waals surface area (Å²) in [5.74, 6) is -0.438. The lowest BCUT2D eigenvalue weighted by atomic mass is 9.88. The molecule has 1 unspecified atom stereocenters. The number of amides is 2. The molecular formula is C14H17BrN2O3S. The van der Waals surface area contributed by atoms with Crippen LogP contribution in [0.25, 0.3) is 0 Å². The Bertz CT molecular complexity index is 556.